The second-order valence-electron chi connectivity index (χ2n) is 9.72. The highest BCUT2D eigenvalue weighted by Gasteiger charge is 2.31. The van der Waals surface area contributed by atoms with Gasteiger partial charge in [-0.05, 0) is 54.7 Å². The molecule has 0 bridgehead atoms. The molecule has 9 nitrogen and oxygen atoms in total. The van der Waals surface area contributed by atoms with Crippen molar-refractivity contribution in [3.05, 3.63) is 74.7 Å². The number of carboxylic acid groups (broad SMARTS) is 1. The van der Waals surface area contributed by atoms with Gasteiger partial charge in [0.05, 0.1) is 33.1 Å². The van der Waals surface area contributed by atoms with Gasteiger partial charge in [0.2, 0.25) is 0 Å². The van der Waals surface area contributed by atoms with E-state index in [-0.39, 0.29) is 19.1 Å². The van der Waals surface area contributed by atoms with E-state index in [9.17, 15) is 24.9 Å². The number of ether oxygens (including phenoxy) is 2. The zero-order valence-corrected chi connectivity index (χ0v) is 21.7. The van der Waals surface area contributed by atoms with Crippen LogP contribution in [0.5, 0.6) is 17.2 Å². The van der Waals surface area contributed by atoms with Gasteiger partial charge in [0, 0.05) is 46.4 Å². The van der Waals surface area contributed by atoms with Gasteiger partial charge in [0.1, 0.15) is 17.2 Å². The Hall–Kier alpha value is -4.24. The fraction of sp³-hybridized carbons (Fsp3) is 0.310. The molecule has 0 saturated carbocycles. The summed E-state index contributed by atoms with van der Waals surface area (Å²) in [7, 11) is 4.96. The van der Waals surface area contributed by atoms with Crippen molar-refractivity contribution in [2.45, 2.75) is 38.8 Å². The Morgan fingerprint density at radius 2 is 1.89 bits per heavy atom. The lowest BCUT2D eigenvalue weighted by molar-refractivity contribution is 0.0690. The van der Waals surface area contributed by atoms with Crippen molar-refractivity contribution in [2.24, 2.45) is 7.05 Å². The van der Waals surface area contributed by atoms with Crippen molar-refractivity contribution < 1.29 is 29.6 Å². The summed E-state index contributed by atoms with van der Waals surface area (Å²) in [6.07, 6.45) is 1.05. The number of hydrogen-bond donors (Lipinski definition) is 3. The van der Waals surface area contributed by atoms with Crippen LogP contribution in [0, 0.1) is 0 Å². The summed E-state index contributed by atoms with van der Waals surface area (Å²) in [4.78, 5) is 25.9. The minimum atomic E-state index is -1.48. The molecule has 0 fully saturated rings. The van der Waals surface area contributed by atoms with Crippen LogP contribution in [0.25, 0.3) is 22.2 Å². The number of hydrogen-bond acceptors (Lipinski definition) is 6. The molecule has 0 saturated heterocycles. The average Bonchev–Trinajstić information content (AvgIpc) is 3.14. The third-order valence-corrected chi connectivity index (χ3v) is 7.66. The van der Waals surface area contributed by atoms with Crippen LogP contribution in [0.15, 0.2) is 41.2 Å². The van der Waals surface area contributed by atoms with Crippen molar-refractivity contribution in [3.8, 4) is 28.5 Å². The Balaban J connectivity index is 1.86. The van der Waals surface area contributed by atoms with Crippen LogP contribution in [0.4, 0.5) is 0 Å². The van der Waals surface area contributed by atoms with Crippen LogP contribution in [0.1, 0.15) is 52.0 Å². The lowest BCUT2D eigenvalue weighted by Gasteiger charge is -2.21. The Labute approximate surface area is 219 Å². The SMILES string of the molecule is COc1ccc(Cn2c3c(c(O)c(C(=O)O)c2=O)CCC(C)c2cc4c(cc2-3)cc(CO)n4C)c(OC)c1. The summed E-state index contributed by atoms with van der Waals surface area (Å²) in [5.41, 5.74) is 3.57. The van der Waals surface area contributed by atoms with Crippen LogP contribution < -0.4 is 15.0 Å². The maximum atomic E-state index is 13.7. The van der Waals surface area contributed by atoms with Gasteiger partial charge < -0.3 is 33.9 Å². The number of carboxylic acids is 1. The minimum absolute atomic E-state index is 0.0252. The van der Waals surface area contributed by atoms with Gasteiger partial charge in [-0.3, -0.25) is 4.79 Å². The Morgan fingerprint density at radius 1 is 1.13 bits per heavy atom. The summed E-state index contributed by atoms with van der Waals surface area (Å²) >= 11 is 0. The molecule has 2 aromatic heterocycles. The number of pyridine rings is 1. The number of aromatic nitrogens is 2. The van der Waals surface area contributed by atoms with Gasteiger partial charge in [-0.15, -0.1) is 0 Å². The second kappa shape index (κ2) is 9.57. The number of aromatic carboxylic acids is 1. The van der Waals surface area contributed by atoms with E-state index in [0.29, 0.717) is 41.2 Å². The predicted molar refractivity (Wildman–Crippen MR) is 143 cm³/mol. The van der Waals surface area contributed by atoms with Gasteiger partial charge in [0.15, 0.2) is 5.56 Å². The predicted octanol–water partition coefficient (Wildman–Crippen LogP) is 4.02. The molecule has 3 N–H and O–H groups in total. The number of aryl methyl sites for hydroxylation is 1. The van der Waals surface area contributed by atoms with E-state index in [4.69, 9.17) is 9.47 Å². The normalized spacial score (nSPS) is 14.6. The number of methoxy groups -OCH3 is 2. The summed E-state index contributed by atoms with van der Waals surface area (Å²) in [6.45, 7) is 1.99. The number of rotatable bonds is 6. The van der Waals surface area contributed by atoms with Crippen LogP contribution >= 0.6 is 0 Å². The van der Waals surface area contributed by atoms with Crippen LogP contribution in [0.2, 0.25) is 0 Å². The maximum absolute atomic E-state index is 13.7. The molecule has 0 spiro atoms. The van der Waals surface area contributed by atoms with Crippen molar-refractivity contribution >= 4 is 16.9 Å². The summed E-state index contributed by atoms with van der Waals surface area (Å²) < 4.78 is 14.2. The summed E-state index contributed by atoms with van der Waals surface area (Å²) in [5, 5.41) is 31.7. The molecule has 2 heterocycles. The molecular weight excluding hydrogens is 488 g/mol. The van der Waals surface area contributed by atoms with E-state index in [1.807, 2.05) is 23.7 Å². The zero-order chi connectivity index (χ0) is 27.3. The third-order valence-electron chi connectivity index (χ3n) is 7.66. The lowest BCUT2D eigenvalue weighted by Crippen LogP contribution is -2.30. The standard InChI is InChI=1S/C29H30N2O7/c1-15-5-8-20-26(22-10-17-9-18(14-32)30(2)23(17)12-21(15)22)31(28(34)25(27(20)33)29(35)36)13-16-6-7-19(37-3)11-24(16)38-4/h6-7,9-12,15,32-33H,5,8,13-14H2,1-4H3,(H,35,36). The average molecular weight is 519 g/mol. The topological polar surface area (TPSA) is 123 Å². The fourth-order valence-electron chi connectivity index (χ4n) is 5.54. The number of aliphatic hydroxyl groups excluding tert-OH is 1. The minimum Gasteiger partial charge on any atom is -0.506 e. The molecule has 0 radical (unpaired) electrons. The Bertz CT molecular complexity index is 1650. The summed E-state index contributed by atoms with van der Waals surface area (Å²) in [5.74, 6) is -0.822. The molecule has 1 aliphatic rings. The maximum Gasteiger partial charge on any atom is 0.345 e. The van der Waals surface area contributed by atoms with Crippen LogP contribution in [0.3, 0.4) is 0 Å². The number of fused-ring (bicyclic) bond motifs is 4. The molecule has 0 amide bonds. The van der Waals surface area contributed by atoms with Crippen molar-refractivity contribution in [2.75, 3.05) is 14.2 Å². The highest BCUT2D eigenvalue weighted by molar-refractivity contribution is 5.94. The lowest BCUT2D eigenvalue weighted by atomic mass is 9.92. The van der Waals surface area contributed by atoms with E-state index >= 15 is 0 Å². The molecular formula is C29H30N2O7. The van der Waals surface area contributed by atoms with Gasteiger partial charge in [-0.25, -0.2) is 4.79 Å². The fourth-order valence-corrected chi connectivity index (χ4v) is 5.54. The van der Waals surface area contributed by atoms with Crippen LogP contribution in [-0.2, 0) is 26.6 Å². The highest BCUT2D eigenvalue weighted by atomic mass is 16.5. The van der Waals surface area contributed by atoms with E-state index in [2.05, 4.69) is 13.0 Å². The quantitative estimate of drug-likeness (QED) is 0.352. The molecule has 4 aromatic rings. The first-order valence-corrected chi connectivity index (χ1v) is 12.4. The monoisotopic (exact) mass is 518 g/mol. The van der Waals surface area contributed by atoms with E-state index < -0.39 is 22.8 Å². The smallest absolute Gasteiger partial charge is 0.345 e. The molecule has 1 atom stereocenters. The first kappa shape index (κ1) is 25.4. The van der Waals surface area contributed by atoms with Gasteiger partial charge in [-0.2, -0.15) is 0 Å². The molecule has 198 valence electrons. The molecule has 1 unspecified atom stereocenters. The van der Waals surface area contributed by atoms with Crippen LogP contribution in [-0.4, -0.2) is 44.6 Å². The molecule has 38 heavy (non-hydrogen) atoms. The van der Waals surface area contributed by atoms with E-state index in [0.717, 1.165) is 27.7 Å². The van der Waals surface area contributed by atoms with E-state index in [1.54, 1.807) is 25.3 Å². The zero-order valence-electron chi connectivity index (χ0n) is 21.7. The second-order valence-corrected chi connectivity index (χ2v) is 9.72. The van der Waals surface area contributed by atoms with Crippen molar-refractivity contribution in [1.82, 2.24) is 9.13 Å². The summed E-state index contributed by atoms with van der Waals surface area (Å²) in [6, 6.07) is 11.2. The first-order chi connectivity index (χ1) is 18.2. The van der Waals surface area contributed by atoms with Crippen molar-refractivity contribution in [1.29, 1.82) is 0 Å². The van der Waals surface area contributed by atoms with E-state index in [1.165, 1.54) is 11.7 Å². The first-order valence-electron chi connectivity index (χ1n) is 12.4. The number of carbonyl (C=O) groups is 1. The number of nitrogens with zero attached hydrogens (tertiary/aromatic N) is 2. The number of aliphatic hydroxyl groups is 1. The molecule has 9 heteroatoms. The largest absolute Gasteiger partial charge is 0.506 e. The molecule has 5 rings (SSSR count). The number of benzene rings is 2. The third kappa shape index (κ3) is 3.90. The Kier molecular flexibility index (Phi) is 6.40. The van der Waals surface area contributed by atoms with Gasteiger partial charge in [0.25, 0.3) is 5.56 Å². The Morgan fingerprint density at radius 3 is 2.55 bits per heavy atom. The number of aromatic hydroxyl groups is 1. The van der Waals surface area contributed by atoms with Gasteiger partial charge >= 0.3 is 5.97 Å². The highest BCUT2D eigenvalue weighted by Crippen LogP contribution is 2.43. The molecule has 1 aliphatic carbocycles. The molecule has 0 aliphatic heterocycles. The molecule has 2 aromatic carbocycles. The van der Waals surface area contributed by atoms with Gasteiger partial charge in [-0.1, -0.05) is 6.92 Å². The van der Waals surface area contributed by atoms with Crippen molar-refractivity contribution in [3.63, 3.8) is 0 Å².